The van der Waals surface area contributed by atoms with E-state index in [-0.39, 0.29) is 0 Å². The first-order valence-electron chi connectivity index (χ1n) is 6.36. The van der Waals surface area contributed by atoms with Gasteiger partial charge in [0.1, 0.15) is 11.9 Å². The van der Waals surface area contributed by atoms with Gasteiger partial charge in [0.2, 0.25) is 0 Å². The molecule has 0 saturated carbocycles. The average molecular weight is 333 g/mol. The van der Waals surface area contributed by atoms with E-state index in [1.165, 1.54) is 0 Å². The van der Waals surface area contributed by atoms with Crippen LogP contribution in [0.3, 0.4) is 0 Å². The van der Waals surface area contributed by atoms with Gasteiger partial charge < -0.3 is 19.3 Å². The van der Waals surface area contributed by atoms with Gasteiger partial charge in [-0.3, -0.25) is 0 Å². The summed E-state index contributed by atoms with van der Waals surface area (Å²) in [7, 11) is 1.61. The van der Waals surface area contributed by atoms with Crippen LogP contribution in [0.1, 0.15) is 19.4 Å². The molecule has 108 valence electrons. The lowest BCUT2D eigenvalue weighted by Crippen LogP contribution is -2.33. The Bertz CT molecular complexity index is 378. The first-order chi connectivity index (χ1) is 9.12. The van der Waals surface area contributed by atoms with Gasteiger partial charge in [0.25, 0.3) is 0 Å². The van der Waals surface area contributed by atoms with Crippen LogP contribution in [-0.2, 0) is 15.9 Å². The minimum Gasteiger partial charge on any atom is -0.496 e. The molecular formula is C14H21BrO4. The Balaban J connectivity index is 2.78. The van der Waals surface area contributed by atoms with Crippen LogP contribution in [0.2, 0.25) is 0 Å². The largest absolute Gasteiger partial charge is 0.496 e. The molecule has 0 spiro atoms. The van der Waals surface area contributed by atoms with Crippen molar-refractivity contribution in [2.75, 3.05) is 20.3 Å². The van der Waals surface area contributed by atoms with E-state index < -0.39 is 12.4 Å². The number of rotatable bonds is 8. The molecule has 0 fully saturated rings. The highest BCUT2D eigenvalue weighted by Crippen LogP contribution is 2.25. The Hall–Kier alpha value is -0.620. The van der Waals surface area contributed by atoms with E-state index in [2.05, 4.69) is 15.9 Å². The molecule has 1 aromatic carbocycles. The van der Waals surface area contributed by atoms with Crippen molar-refractivity contribution in [2.45, 2.75) is 32.7 Å². The molecule has 0 heterocycles. The van der Waals surface area contributed by atoms with E-state index in [1.54, 1.807) is 7.11 Å². The van der Waals surface area contributed by atoms with E-state index >= 15 is 0 Å². The molecule has 19 heavy (non-hydrogen) atoms. The van der Waals surface area contributed by atoms with Gasteiger partial charge in [-0.1, -0.05) is 15.9 Å². The summed E-state index contributed by atoms with van der Waals surface area (Å²) in [6.45, 7) is 4.74. The summed E-state index contributed by atoms with van der Waals surface area (Å²) < 4.78 is 17.0. The lowest BCUT2D eigenvalue weighted by atomic mass is 10.1. The minimum atomic E-state index is -0.733. The highest BCUT2D eigenvalue weighted by molar-refractivity contribution is 9.10. The molecule has 4 nitrogen and oxygen atoms in total. The summed E-state index contributed by atoms with van der Waals surface area (Å²) in [5, 5.41) is 10.2. The molecule has 5 heteroatoms. The number of halogens is 1. The Morgan fingerprint density at radius 2 is 1.84 bits per heavy atom. The van der Waals surface area contributed by atoms with Crippen LogP contribution in [0, 0.1) is 0 Å². The van der Waals surface area contributed by atoms with Crippen molar-refractivity contribution >= 4 is 15.9 Å². The average Bonchev–Trinajstić information content (AvgIpc) is 2.38. The second-order valence-electron chi connectivity index (χ2n) is 4.01. The number of aliphatic hydroxyl groups is 1. The van der Waals surface area contributed by atoms with Crippen LogP contribution in [0.5, 0.6) is 5.75 Å². The second kappa shape index (κ2) is 8.53. The molecule has 1 aromatic rings. The Morgan fingerprint density at radius 1 is 1.21 bits per heavy atom. The van der Waals surface area contributed by atoms with Crippen molar-refractivity contribution in [2.24, 2.45) is 0 Å². The third kappa shape index (κ3) is 5.10. The Morgan fingerprint density at radius 3 is 2.37 bits per heavy atom. The highest BCUT2D eigenvalue weighted by Gasteiger charge is 2.21. The SMILES string of the molecule is CCOC(OCC)C(O)Cc1cc(Br)ccc1OC. The van der Waals surface area contributed by atoms with Crippen LogP contribution >= 0.6 is 15.9 Å². The van der Waals surface area contributed by atoms with Gasteiger partial charge in [0, 0.05) is 24.1 Å². The zero-order chi connectivity index (χ0) is 14.3. The summed E-state index contributed by atoms with van der Waals surface area (Å²) in [5.41, 5.74) is 0.911. The van der Waals surface area contributed by atoms with Gasteiger partial charge in [-0.05, 0) is 37.6 Å². The van der Waals surface area contributed by atoms with E-state index in [4.69, 9.17) is 14.2 Å². The molecule has 0 bridgehead atoms. The fourth-order valence-corrected chi connectivity index (χ4v) is 2.24. The first kappa shape index (κ1) is 16.4. The molecule has 1 rings (SSSR count). The van der Waals surface area contributed by atoms with Gasteiger partial charge in [-0.25, -0.2) is 0 Å². The lowest BCUT2D eigenvalue weighted by molar-refractivity contribution is -0.188. The van der Waals surface area contributed by atoms with Gasteiger partial charge in [0.05, 0.1) is 7.11 Å². The number of aliphatic hydroxyl groups excluding tert-OH is 1. The number of hydrogen-bond donors (Lipinski definition) is 1. The van der Waals surface area contributed by atoms with Crippen LogP contribution in [0.15, 0.2) is 22.7 Å². The predicted molar refractivity (Wildman–Crippen MR) is 77.4 cm³/mol. The van der Waals surface area contributed by atoms with Crippen molar-refractivity contribution in [3.8, 4) is 5.75 Å². The normalized spacial score (nSPS) is 12.7. The maximum Gasteiger partial charge on any atom is 0.183 e. The van der Waals surface area contributed by atoms with E-state index in [9.17, 15) is 5.11 Å². The van der Waals surface area contributed by atoms with Crippen molar-refractivity contribution in [1.82, 2.24) is 0 Å². The van der Waals surface area contributed by atoms with E-state index in [0.29, 0.717) is 19.6 Å². The summed E-state index contributed by atoms with van der Waals surface area (Å²) in [5.74, 6) is 0.744. The number of methoxy groups -OCH3 is 1. The lowest BCUT2D eigenvalue weighted by Gasteiger charge is -2.23. The molecule has 0 amide bonds. The summed E-state index contributed by atoms with van der Waals surface area (Å²) in [4.78, 5) is 0. The minimum absolute atomic E-state index is 0.410. The molecule has 1 unspecified atom stereocenters. The summed E-state index contributed by atoms with van der Waals surface area (Å²) in [6.07, 6.45) is -0.936. The number of ether oxygens (including phenoxy) is 3. The van der Waals surface area contributed by atoms with Gasteiger partial charge >= 0.3 is 0 Å². The molecule has 0 aliphatic heterocycles. The van der Waals surface area contributed by atoms with E-state index in [0.717, 1.165) is 15.8 Å². The maximum absolute atomic E-state index is 10.2. The van der Waals surface area contributed by atoms with Crippen LogP contribution in [0.25, 0.3) is 0 Å². The van der Waals surface area contributed by atoms with Gasteiger partial charge in [-0.15, -0.1) is 0 Å². The van der Waals surface area contributed by atoms with E-state index in [1.807, 2.05) is 32.0 Å². The topological polar surface area (TPSA) is 47.9 Å². The van der Waals surface area contributed by atoms with Crippen molar-refractivity contribution < 1.29 is 19.3 Å². The fraction of sp³-hybridized carbons (Fsp3) is 0.571. The van der Waals surface area contributed by atoms with Crippen LogP contribution in [-0.4, -0.2) is 37.8 Å². The number of benzene rings is 1. The van der Waals surface area contributed by atoms with Crippen molar-refractivity contribution in [3.05, 3.63) is 28.2 Å². The Kier molecular flexibility index (Phi) is 7.38. The molecule has 0 saturated heterocycles. The summed E-state index contributed by atoms with van der Waals surface area (Å²) >= 11 is 3.41. The zero-order valence-corrected chi connectivity index (χ0v) is 13.1. The van der Waals surface area contributed by atoms with Gasteiger partial charge in [0.15, 0.2) is 6.29 Å². The molecule has 0 aromatic heterocycles. The van der Waals surface area contributed by atoms with Gasteiger partial charge in [-0.2, -0.15) is 0 Å². The van der Waals surface area contributed by atoms with Crippen molar-refractivity contribution in [3.63, 3.8) is 0 Å². The number of hydrogen-bond acceptors (Lipinski definition) is 4. The maximum atomic E-state index is 10.2. The van der Waals surface area contributed by atoms with Crippen molar-refractivity contribution in [1.29, 1.82) is 0 Å². The fourth-order valence-electron chi connectivity index (χ4n) is 1.83. The molecular weight excluding hydrogens is 312 g/mol. The smallest absolute Gasteiger partial charge is 0.183 e. The third-order valence-corrected chi connectivity index (χ3v) is 3.14. The highest BCUT2D eigenvalue weighted by atomic mass is 79.9. The van der Waals surface area contributed by atoms with Crippen LogP contribution < -0.4 is 4.74 Å². The molecule has 1 atom stereocenters. The molecule has 0 aliphatic carbocycles. The molecule has 0 aliphatic rings. The second-order valence-corrected chi connectivity index (χ2v) is 4.92. The first-order valence-corrected chi connectivity index (χ1v) is 7.15. The molecule has 0 radical (unpaired) electrons. The molecule has 1 N–H and O–H groups in total. The predicted octanol–water partition coefficient (Wildman–Crippen LogP) is 2.76. The third-order valence-electron chi connectivity index (χ3n) is 2.65. The summed E-state index contributed by atoms with van der Waals surface area (Å²) in [6, 6.07) is 5.69. The quantitative estimate of drug-likeness (QED) is 0.743. The Labute approximate surface area is 122 Å². The standard InChI is InChI=1S/C14H21BrO4/c1-4-18-14(19-5-2)12(16)9-10-8-11(15)6-7-13(10)17-3/h6-8,12,14,16H,4-5,9H2,1-3H3. The zero-order valence-electron chi connectivity index (χ0n) is 11.6. The monoisotopic (exact) mass is 332 g/mol. The van der Waals surface area contributed by atoms with Crippen LogP contribution in [0.4, 0.5) is 0 Å².